The minimum Gasteiger partial charge on any atom is -0.510 e. The van der Waals surface area contributed by atoms with Crippen LogP contribution in [0.4, 0.5) is 11.4 Å². The predicted octanol–water partition coefficient (Wildman–Crippen LogP) is 2.26. The molecule has 1 heterocycles. The number of hydrogen-bond donors (Lipinski definition) is 6. The Labute approximate surface area is 273 Å². The van der Waals surface area contributed by atoms with E-state index in [0.717, 1.165) is 38.2 Å². The van der Waals surface area contributed by atoms with Crippen LogP contribution < -0.4 is 16.0 Å². The summed E-state index contributed by atoms with van der Waals surface area (Å²) in [5.74, 6) is -6.61. The average molecular weight is 646 g/mol. The number of allylic oxidation sites excluding steroid dienone is 1. The third-order valence-electron chi connectivity index (χ3n) is 10.4. The van der Waals surface area contributed by atoms with Gasteiger partial charge in [0.2, 0.25) is 5.78 Å². The van der Waals surface area contributed by atoms with Crippen molar-refractivity contribution in [3.63, 3.8) is 0 Å². The molecule has 7 N–H and O–H groups in total. The maximum absolute atomic E-state index is 14.3. The topological polar surface area (TPSA) is 180 Å². The number of phenolic OH excluding ortho intramolecular Hbond substituents is 1. The van der Waals surface area contributed by atoms with E-state index in [1.165, 1.54) is 5.56 Å². The number of carbonyl (C=O) groups is 3. The molecule has 4 aliphatic rings. The van der Waals surface area contributed by atoms with Gasteiger partial charge in [-0.1, -0.05) is 30.3 Å². The van der Waals surface area contributed by atoms with E-state index in [4.69, 9.17) is 5.73 Å². The smallest absolute Gasteiger partial charge is 0.255 e. The molecule has 12 nitrogen and oxygen atoms in total. The molecule has 0 saturated carbocycles. The van der Waals surface area contributed by atoms with Crippen LogP contribution in [0, 0.1) is 11.8 Å². The summed E-state index contributed by atoms with van der Waals surface area (Å²) in [7, 11) is 6.91. The zero-order valence-electron chi connectivity index (χ0n) is 27.2. The fourth-order valence-electron chi connectivity index (χ4n) is 8.10. The Morgan fingerprint density at radius 2 is 1.72 bits per heavy atom. The second-order valence-corrected chi connectivity index (χ2v) is 13.7. The van der Waals surface area contributed by atoms with Crippen LogP contribution in [0.25, 0.3) is 0 Å². The Morgan fingerprint density at radius 3 is 2.32 bits per heavy atom. The fraction of sp³-hybridized carbons (Fsp3) is 0.457. The summed E-state index contributed by atoms with van der Waals surface area (Å²) in [5, 5.41) is 49.6. The van der Waals surface area contributed by atoms with Gasteiger partial charge in [-0.05, 0) is 62.9 Å². The number of benzene rings is 2. The molecule has 3 aliphatic carbocycles. The molecule has 0 radical (unpaired) electrons. The average Bonchev–Trinajstić information content (AvgIpc) is 3.01. The zero-order chi connectivity index (χ0) is 33.9. The lowest BCUT2D eigenvalue weighted by Crippen LogP contribution is -2.63. The van der Waals surface area contributed by atoms with E-state index in [1.807, 2.05) is 43.3 Å². The van der Waals surface area contributed by atoms with Crippen molar-refractivity contribution < 1.29 is 34.8 Å². The lowest BCUT2D eigenvalue weighted by molar-refractivity contribution is -0.148. The van der Waals surface area contributed by atoms with Crippen molar-refractivity contribution in [2.75, 3.05) is 51.5 Å². The number of primary amides is 1. The number of fused-ring (bicyclic) bond motifs is 3. The Bertz CT molecular complexity index is 1690. The highest BCUT2D eigenvalue weighted by atomic mass is 16.3. The molecule has 0 unspecified atom stereocenters. The number of aliphatic hydroxyl groups excluding tert-OH is 2. The number of nitrogens with two attached hydrogens (primary N) is 1. The number of piperidine rings is 1. The van der Waals surface area contributed by atoms with E-state index in [0.29, 0.717) is 11.3 Å². The van der Waals surface area contributed by atoms with Crippen LogP contribution in [0.15, 0.2) is 59.1 Å². The van der Waals surface area contributed by atoms with Gasteiger partial charge in [0.1, 0.15) is 22.8 Å². The third-order valence-corrected chi connectivity index (χ3v) is 10.4. The van der Waals surface area contributed by atoms with Crippen molar-refractivity contribution in [3.05, 3.63) is 75.8 Å². The molecular weight excluding hydrogens is 602 g/mol. The van der Waals surface area contributed by atoms with Gasteiger partial charge in [0.15, 0.2) is 11.4 Å². The van der Waals surface area contributed by atoms with E-state index in [1.54, 1.807) is 19.0 Å². The normalized spacial score (nSPS) is 26.6. The van der Waals surface area contributed by atoms with Crippen molar-refractivity contribution >= 4 is 28.8 Å². The summed E-state index contributed by atoms with van der Waals surface area (Å²) < 4.78 is 0. The number of likely N-dealkylation sites (tertiary alicyclic amines) is 1. The highest BCUT2D eigenvalue weighted by molar-refractivity contribution is 6.25. The first kappa shape index (κ1) is 32.5. The van der Waals surface area contributed by atoms with E-state index < -0.39 is 58.0 Å². The molecule has 12 heteroatoms. The van der Waals surface area contributed by atoms with E-state index in [-0.39, 0.29) is 35.8 Å². The first-order chi connectivity index (χ1) is 22.2. The van der Waals surface area contributed by atoms with Crippen LogP contribution in [0.3, 0.4) is 0 Å². The molecule has 47 heavy (non-hydrogen) atoms. The Morgan fingerprint density at radius 1 is 1.06 bits per heavy atom. The van der Waals surface area contributed by atoms with Crippen LogP contribution >= 0.6 is 0 Å². The molecule has 1 saturated heterocycles. The lowest BCUT2D eigenvalue weighted by Gasteiger charge is -2.50. The molecule has 6 rings (SSSR count). The lowest BCUT2D eigenvalue weighted by atomic mass is 9.58. The van der Waals surface area contributed by atoms with Crippen LogP contribution in [-0.2, 0) is 22.6 Å². The van der Waals surface area contributed by atoms with E-state index in [2.05, 4.69) is 22.3 Å². The summed E-state index contributed by atoms with van der Waals surface area (Å²) in [6.07, 6.45) is 1.93. The maximum Gasteiger partial charge on any atom is 0.255 e. The number of rotatable bonds is 7. The molecule has 2 aromatic rings. The molecular formula is C35H43N5O7. The number of nitrogens with one attached hydrogen (secondary N) is 1. The summed E-state index contributed by atoms with van der Waals surface area (Å²) >= 11 is 0. The number of Topliss-reactive ketones (excluding diaryl/α,β-unsaturated/α-hetero) is 2. The number of nitrogens with zero attached hydrogens (tertiary/aromatic N) is 3. The first-order valence-corrected chi connectivity index (χ1v) is 16.0. The largest absolute Gasteiger partial charge is 0.510 e. The van der Waals surface area contributed by atoms with Gasteiger partial charge in [0, 0.05) is 56.9 Å². The quantitative estimate of drug-likeness (QED) is 0.192. The molecule has 0 spiro atoms. The van der Waals surface area contributed by atoms with Gasteiger partial charge in [-0.3, -0.25) is 24.2 Å². The van der Waals surface area contributed by atoms with Crippen molar-refractivity contribution in [3.8, 4) is 5.75 Å². The molecule has 250 valence electrons. The van der Waals surface area contributed by atoms with Crippen molar-refractivity contribution in [1.82, 2.24) is 9.80 Å². The van der Waals surface area contributed by atoms with Gasteiger partial charge in [-0.2, -0.15) is 0 Å². The van der Waals surface area contributed by atoms with Crippen molar-refractivity contribution in [2.24, 2.45) is 17.6 Å². The van der Waals surface area contributed by atoms with Crippen LogP contribution in [0.5, 0.6) is 5.75 Å². The minimum absolute atomic E-state index is 0.000922. The molecule has 1 fully saturated rings. The minimum atomic E-state index is -2.67. The fourth-order valence-corrected chi connectivity index (χ4v) is 8.10. The molecule has 2 aromatic carbocycles. The third kappa shape index (κ3) is 5.24. The standard InChI is InChI=1S/C35H43N5O7/c1-38(2)24-16-23(37-20-10-12-40(13-11-20)17-18-8-6-5-7-9-18)29(41)26-21(24)14-19-15-22-28(39(3)4)31(43)27(34(36)46)33(45)35(22,47)32(44)25(19)30(26)42/h5-9,16,19-20,22,28,37,41,43-44,47H,10-15,17H2,1-4H3,(H2,36,46)/t19-,22-,28-,35-/m1/s1. The second kappa shape index (κ2) is 12.0. The number of anilines is 2. The highest BCUT2D eigenvalue weighted by Crippen LogP contribution is 2.54. The van der Waals surface area contributed by atoms with Gasteiger partial charge in [-0.25, -0.2) is 0 Å². The zero-order valence-corrected chi connectivity index (χ0v) is 27.2. The van der Waals surface area contributed by atoms with Gasteiger partial charge in [0.05, 0.1) is 17.3 Å². The van der Waals surface area contributed by atoms with E-state index >= 15 is 0 Å². The van der Waals surface area contributed by atoms with Gasteiger partial charge < -0.3 is 36.4 Å². The maximum atomic E-state index is 14.3. The summed E-state index contributed by atoms with van der Waals surface area (Å²) in [6, 6.07) is 11.1. The van der Waals surface area contributed by atoms with Gasteiger partial charge in [0.25, 0.3) is 5.91 Å². The van der Waals surface area contributed by atoms with Crippen LogP contribution in [0.1, 0.15) is 40.7 Å². The van der Waals surface area contributed by atoms with Crippen molar-refractivity contribution in [1.29, 1.82) is 0 Å². The monoisotopic (exact) mass is 645 g/mol. The van der Waals surface area contributed by atoms with Crippen LogP contribution in [0.2, 0.25) is 0 Å². The molecule has 1 amide bonds. The Hall–Kier alpha value is -4.39. The van der Waals surface area contributed by atoms with Crippen LogP contribution in [-0.4, -0.2) is 107 Å². The number of amides is 1. The Balaban J connectivity index is 1.35. The number of hydrogen-bond acceptors (Lipinski definition) is 11. The van der Waals surface area contributed by atoms with Gasteiger partial charge >= 0.3 is 0 Å². The first-order valence-electron chi connectivity index (χ1n) is 16.0. The Kier molecular flexibility index (Phi) is 8.31. The number of ketones is 2. The predicted molar refractivity (Wildman–Crippen MR) is 176 cm³/mol. The number of aliphatic hydroxyl groups is 3. The van der Waals surface area contributed by atoms with E-state index in [9.17, 15) is 34.8 Å². The number of carbonyl (C=O) groups excluding carboxylic acids is 3. The van der Waals surface area contributed by atoms with Gasteiger partial charge in [-0.15, -0.1) is 0 Å². The second-order valence-electron chi connectivity index (χ2n) is 13.7. The number of likely N-dealkylation sites (N-methyl/N-ethyl adjacent to an activating group) is 1. The highest BCUT2D eigenvalue weighted by Gasteiger charge is 2.63. The SMILES string of the molecule is CN(C)c1cc(NC2CCN(Cc3ccccc3)CC2)c(O)c2c1C[C@@H]1C[C@@H]3[C@@H](N(C)C)C(O)=C(C(N)=O)C(=O)[C@]3(O)C(O)=C1C2=O. The molecule has 0 bridgehead atoms. The number of aromatic hydroxyl groups is 1. The summed E-state index contributed by atoms with van der Waals surface area (Å²) in [6.45, 7) is 2.58. The molecule has 0 aromatic heterocycles. The molecule has 1 aliphatic heterocycles. The molecule has 4 atom stereocenters. The number of phenols is 1. The summed E-state index contributed by atoms with van der Waals surface area (Å²) in [5.41, 5.74) is 4.73. The summed E-state index contributed by atoms with van der Waals surface area (Å²) in [4.78, 5) is 46.0. The van der Waals surface area contributed by atoms with Crippen molar-refractivity contribution in [2.45, 2.75) is 49.9 Å².